The van der Waals surface area contributed by atoms with Gasteiger partial charge in [0.2, 0.25) is 0 Å². The third kappa shape index (κ3) is 4.07. The first-order valence-electron chi connectivity index (χ1n) is 7.71. The zero-order chi connectivity index (χ0) is 16.2. The van der Waals surface area contributed by atoms with Crippen molar-refractivity contribution in [3.05, 3.63) is 70.4 Å². The fraction of sp³-hybridized carbons (Fsp3) is 0.333. The summed E-state index contributed by atoms with van der Waals surface area (Å²) in [6.45, 7) is 8.18. The molecule has 0 aliphatic heterocycles. The molecule has 3 rings (SSSR count). The summed E-state index contributed by atoms with van der Waals surface area (Å²) in [5.41, 5.74) is 4.44. The maximum atomic E-state index is 5.18. The Labute approximate surface area is 135 Å². The Hall–Kier alpha value is -2.40. The first kappa shape index (κ1) is 15.5. The maximum Gasteiger partial charge on any atom is 0.133 e. The highest BCUT2D eigenvalue weighted by Gasteiger charge is 2.14. The second kappa shape index (κ2) is 6.79. The van der Waals surface area contributed by atoms with Crippen molar-refractivity contribution in [3.63, 3.8) is 0 Å². The van der Waals surface area contributed by atoms with Crippen molar-refractivity contribution < 1.29 is 9.05 Å². The van der Waals surface area contributed by atoms with Crippen molar-refractivity contribution in [3.8, 4) is 0 Å². The van der Waals surface area contributed by atoms with Gasteiger partial charge >= 0.3 is 0 Å². The molecule has 0 spiro atoms. The highest BCUT2D eigenvalue weighted by Crippen LogP contribution is 2.16. The molecule has 0 saturated heterocycles. The Balaban J connectivity index is 1.78. The van der Waals surface area contributed by atoms with Gasteiger partial charge in [-0.15, -0.1) is 0 Å². The van der Waals surface area contributed by atoms with Crippen LogP contribution in [0.15, 0.2) is 45.4 Å². The van der Waals surface area contributed by atoms with Crippen LogP contribution >= 0.6 is 0 Å². The van der Waals surface area contributed by atoms with E-state index in [4.69, 9.17) is 9.05 Å². The Kier molecular flexibility index (Phi) is 4.57. The lowest BCUT2D eigenvalue weighted by atomic mass is 10.1. The molecule has 0 N–H and O–H groups in total. The normalized spacial score (nSPS) is 11.3. The monoisotopic (exact) mass is 311 g/mol. The van der Waals surface area contributed by atoms with E-state index >= 15 is 0 Å². The molecule has 5 heteroatoms. The molecule has 120 valence electrons. The standard InChI is InChI=1S/C18H21N3O2/c1-13-6-4-5-7-16(13)10-21(11-17-8-14(2)22-19-17)12-18-9-15(3)23-20-18/h4-9H,10-12H2,1-3H3. The lowest BCUT2D eigenvalue weighted by Crippen LogP contribution is -2.23. The summed E-state index contributed by atoms with van der Waals surface area (Å²) >= 11 is 0. The van der Waals surface area contributed by atoms with Gasteiger partial charge in [-0.2, -0.15) is 0 Å². The molecule has 23 heavy (non-hydrogen) atoms. The summed E-state index contributed by atoms with van der Waals surface area (Å²) in [5, 5.41) is 8.21. The fourth-order valence-electron chi connectivity index (χ4n) is 2.64. The second-order valence-electron chi connectivity index (χ2n) is 5.93. The molecule has 0 radical (unpaired) electrons. The van der Waals surface area contributed by atoms with E-state index in [0.717, 1.165) is 29.5 Å². The third-order valence-corrected chi connectivity index (χ3v) is 3.78. The predicted molar refractivity (Wildman–Crippen MR) is 86.6 cm³/mol. The summed E-state index contributed by atoms with van der Waals surface area (Å²) < 4.78 is 10.4. The minimum Gasteiger partial charge on any atom is -0.361 e. The number of rotatable bonds is 6. The van der Waals surface area contributed by atoms with Gasteiger partial charge in [0.25, 0.3) is 0 Å². The van der Waals surface area contributed by atoms with Crippen LogP contribution in [0, 0.1) is 20.8 Å². The van der Waals surface area contributed by atoms with Crippen LogP contribution in [0.4, 0.5) is 0 Å². The molecule has 2 heterocycles. The predicted octanol–water partition coefficient (Wildman–Crippen LogP) is 3.79. The van der Waals surface area contributed by atoms with E-state index in [-0.39, 0.29) is 0 Å². The van der Waals surface area contributed by atoms with Crippen LogP contribution in [0.25, 0.3) is 0 Å². The average Bonchev–Trinajstić information content (AvgIpc) is 3.10. The van der Waals surface area contributed by atoms with Crippen molar-refractivity contribution in [2.75, 3.05) is 0 Å². The van der Waals surface area contributed by atoms with Crippen molar-refractivity contribution in [1.29, 1.82) is 0 Å². The van der Waals surface area contributed by atoms with Gasteiger partial charge in [0.1, 0.15) is 11.5 Å². The molecule has 0 unspecified atom stereocenters. The molecule has 0 amide bonds. The number of aryl methyl sites for hydroxylation is 3. The smallest absolute Gasteiger partial charge is 0.133 e. The Bertz CT molecular complexity index is 734. The van der Waals surface area contributed by atoms with Gasteiger partial charge in [-0.05, 0) is 31.9 Å². The largest absolute Gasteiger partial charge is 0.361 e. The van der Waals surface area contributed by atoms with E-state index in [1.807, 2.05) is 26.0 Å². The number of hydrogen-bond acceptors (Lipinski definition) is 5. The molecule has 0 aliphatic rings. The molecule has 0 fully saturated rings. The van der Waals surface area contributed by atoms with Gasteiger partial charge in [-0.1, -0.05) is 34.6 Å². The van der Waals surface area contributed by atoms with Gasteiger partial charge in [0.15, 0.2) is 0 Å². The molecule has 1 aromatic carbocycles. The summed E-state index contributed by atoms with van der Waals surface area (Å²) in [6.07, 6.45) is 0. The summed E-state index contributed by atoms with van der Waals surface area (Å²) in [6, 6.07) is 12.4. The van der Waals surface area contributed by atoms with Gasteiger partial charge in [-0.25, -0.2) is 0 Å². The van der Waals surface area contributed by atoms with Crippen molar-refractivity contribution in [2.45, 2.75) is 40.4 Å². The van der Waals surface area contributed by atoms with E-state index < -0.39 is 0 Å². The molecular weight excluding hydrogens is 290 g/mol. The highest BCUT2D eigenvalue weighted by molar-refractivity contribution is 5.25. The zero-order valence-electron chi connectivity index (χ0n) is 13.7. The number of aromatic nitrogens is 2. The quantitative estimate of drug-likeness (QED) is 0.693. The molecule has 0 bridgehead atoms. The fourth-order valence-corrected chi connectivity index (χ4v) is 2.64. The molecule has 5 nitrogen and oxygen atoms in total. The first-order valence-corrected chi connectivity index (χ1v) is 7.71. The van der Waals surface area contributed by atoms with E-state index in [9.17, 15) is 0 Å². The highest BCUT2D eigenvalue weighted by atomic mass is 16.5. The van der Waals surface area contributed by atoms with Crippen LogP contribution in [0.2, 0.25) is 0 Å². The molecule has 2 aromatic heterocycles. The van der Waals surface area contributed by atoms with Crippen LogP contribution in [-0.2, 0) is 19.6 Å². The zero-order valence-corrected chi connectivity index (χ0v) is 13.7. The van der Waals surface area contributed by atoms with Crippen LogP contribution in [0.5, 0.6) is 0 Å². The van der Waals surface area contributed by atoms with E-state index in [1.54, 1.807) is 0 Å². The number of hydrogen-bond donors (Lipinski definition) is 0. The van der Waals surface area contributed by atoms with Gasteiger partial charge in [-0.3, -0.25) is 4.90 Å². The Morgan fingerprint density at radius 2 is 1.39 bits per heavy atom. The van der Waals surface area contributed by atoms with Gasteiger partial charge in [0.05, 0.1) is 11.4 Å². The summed E-state index contributed by atoms with van der Waals surface area (Å²) in [4.78, 5) is 2.29. The third-order valence-electron chi connectivity index (χ3n) is 3.78. The molecular formula is C18H21N3O2. The average molecular weight is 311 g/mol. The van der Waals surface area contributed by atoms with Crippen LogP contribution in [0.3, 0.4) is 0 Å². The molecule has 0 aliphatic carbocycles. The Morgan fingerprint density at radius 1 is 0.826 bits per heavy atom. The van der Waals surface area contributed by atoms with Gasteiger partial charge < -0.3 is 9.05 Å². The lowest BCUT2D eigenvalue weighted by Gasteiger charge is -2.21. The minimum absolute atomic E-state index is 0.706. The molecule has 0 saturated carbocycles. The Morgan fingerprint density at radius 3 is 1.87 bits per heavy atom. The summed E-state index contributed by atoms with van der Waals surface area (Å²) in [5.74, 6) is 1.65. The van der Waals surface area contributed by atoms with Gasteiger partial charge in [0, 0.05) is 31.8 Å². The minimum atomic E-state index is 0.706. The van der Waals surface area contributed by atoms with Crippen molar-refractivity contribution in [2.24, 2.45) is 0 Å². The van der Waals surface area contributed by atoms with Crippen molar-refractivity contribution in [1.82, 2.24) is 15.2 Å². The van der Waals surface area contributed by atoms with Crippen molar-refractivity contribution >= 4 is 0 Å². The maximum absolute atomic E-state index is 5.18. The van der Waals surface area contributed by atoms with E-state index in [0.29, 0.717) is 13.1 Å². The molecule has 0 atom stereocenters. The van der Waals surface area contributed by atoms with E-state index in [2.05, 4.69) is 46.4 Å². The second-order valence-corrected chi connectivity index (χ2v) is 5.93. The number of nitrogens with zero attached hydrogens (tertiary/aromatic N) is 3. The van der Waals surface area contributed by atoms with Crippen LogP contribution < -0.4 is 0 Å². The van der Waals surface area contributed by atoms with Crippen LogP contribution in [0.1, 0.15) is 34.0 Å². The number of benzene rings is 1. The van der Waals surface area contributed by atoms with E-state index in [1.165, 1.54) is 11.1 Å². The van der Waals surface area contributed by atoms with Crippen LogP contribution in [-0.4, -0.2) is 15.2 Å². The topological polar surface area (TPSA) is 55.3 Å². The lowest BCUT2D eigenvalue weighted by molar-refractivity contribution is 0.230. The molecule has 3 aromatic rings. The summed E-state index contributed by atoms with van der Waals surface area (Å²) in [7, 11) is 0. The first-order chi connectivity index (χ1) is 11.1. The SMILES string of the molecule is Cc1cc(CN(Cc2cc(C)on2)Cc2ccccc2C)no1.